The third-order valence-electron chi connectivity index (χ3n) is 4.13. The molecule has 2 amide bonds. The zero-order chi connectivity index (χ0) is 18.2. The first-order valence-electron chi connectivity index (χ1n) is 8.43. The lowest BCUT2D eigenvalue weighted by atomic mass is 9.99. The number of nitrogens with one attached hydrogen (secondary N) is 3. The van der Waals surface area contributed by atoms with Gasteiger partial charge in [0.05, 0.1) is 4.90 Å². The van der Waals surface area contributed by atoms with Crippen LogP contribution in [-0.4, -0.2) is 28.0 Å². The van der Waals surface area contributed by atoms with Crippen LogP contribution in [-0.2, 0) is 10.0 Å². The zero-order valence-corrected chi connectivity index (χ0v) is 15.8. The van der Waals surface area contributed by atoms with E-state index in [0.717, 1.165) is 31.2 Å². The van der Waals surface area contributed by atoms with Crippen LogP contribution < -0.4 is 15.4 Å². The van der Waals surface area contributed by atoms with Gasteiger partial charge in [-0.1, -0.05) is 39.2 Å². The van der Waals surface area contributed by atoms with Crippen LogP contribution in [0.25, 0.3) is 0 Å². The van der Waals surface area contributed by atoms with Crippen molar-refractivity contribution in [3.8, 4) is 0 Å². The molecule has 0 aliphatic carbocycles. The van der Waals surface area contributed by atoms with Gasteiger partial charge < -0.3 is 10.6 Å². The Morgan fingerprint density at radius 3 is 2.54 bits per heavy atom. The van der Waals surface area contributed by atoms with Crippen LogP contribution in [0.4, 0.5) is 10.5 Å². The summed E-state index contributed by atoms with van der Waals surface area (Å²) < 4.78 is 26.0. The fourth-order valence-corrected chi connectivity index (χ4v) is 3.12. The summed E-state index contributed by atoms with van der Waals surface area (Å²) >= 11 is 0. The smallest absolute Gasteiger partial charge is 0.319 e. The second kappa shape index (κ2) is 9.64. The van der Waals surface area contributed by atoms with Gasteiger partial charge in [-0.05, 0) is 44.0 Å². The molecule has 1 aromatic rings. The van der Waals surface area contributed by atoms with Gasteiger partial charge in [-0.15, -0.1) is 0 Å². The monoisotopic (exact) mass is 355 g/mol. The fourth-order valence-electron chi connectivity index (χ4n) is 2.37. The molecule has 1 atom stereocenters. The van der Waals surface area contributed by atoms with Gasteiger partial charge in [0.1, 0.15) is 0 Å². The van der Waals surface area contributed by atoms with Crippen molar-refractivity contribution >= 4 is 21.7 Å². The van der Waals surface area contributed by atoms with Crippen molar-refractivity contribution in [2.75, 3.05) is 18.9 Å². The van der Waals surface area contributed by atoms with Crippen molar-refractivity contribution in [1.82, 2.24) is 10.0 Å². The Morgan fingerprint density at radius 2 is 1.96 bits per heavy atom. The van der Waals surface area contributed by atoms with Crippen molar-refractivity contribution in [2.45, 2.75) is 51.3 Å². The lowest BCUT2D eigenvalue weighted by Gasteiger charge is -2.16. The molecular weight excluding hydrogens is 326 g/mol. The second-order valence-corrected chi connectivity index (χ2v) is 7.82. The van der Waals surface area contributed by atoms with E-state index in [-0.39, 0.29) is 10.9 Å². The molecule has 0 radical (unpaired) electrons. The van der Waals surface area contributed by atoms with E-state index in [0.29, 0.717) is 18.2 Å². The van der Waals surface area contributed by atoms with E-state index in [1.165, 1.54) is 19.2 Å². The van der Waals surface area contributed by atoms with Gasteiger partial charge in [-0.3, -0.25) is 0 Å². The number of sulfonamides is 1. The second-order valence-electron chi connectivity index (χ2n) is 5.94. The van der Waals surface area contributed by atoms with Crippen molar-refractivity contribution in [1.29, 1.82) is 0 Å². The summed E-state index contributed by atoms with van der Waals surface area (Å²) in [6, 6.07) is 4.35. The number of benzene rings is 1. The molecule has 0 saturated heterocycles. The number of aryl methyl sites for hydroxylation is 1. The summed E-state index contributed by atoms with van der Waals surface area (Å²) in [7, 11) is -2.18. The maximum atomic E-state index is 12.1. The van der Waals surface area contributed by atoms with E-state index in [2.05, 4.69) is 29.2 Å². The highest BCUT2D eigenvalue weighted by Gasteiger charge is 2.14. The Kier molecular flexibility index (Phi) is 8.21. The fraction of sp³-hybridized carbons (Fsp3) is 0.588. The van der Waals surface area contributed by atoms with Gasteiger partial charge in [0.2, 0.25) is 10.0 Å². The number of urea groups is 1. The lowest BCUT2D eigenvalue weighted by Crippen LogP contribution is -2.33. The Hall–Kier alpha value is -1.60. The molecule has 136 valence electrons. The Balaban J connectivity index is 2.71. The summed E-state index contributed by atoms with van der Waals surface area (Å²) in [4.78, 5) is 12.2. The number of unbranched alkanes of at least 4 members (excludes halogenated alkanes) is 1. The summed E-state index contributed by atoms with van der Waals surface area (Å²) in [5.41, 5.74) is 1.30. The molecule has 7 heteroatoms. The molecule has 0 fully saturated rings. The number of carbonyl (C=O) groups excluding carboxylic acids is 1. The molecule has 1 rings (SSSR count). The first-order chi connectivity index (χ1) is 11.3. The number of hydrogen-bond donors (Lipinski definition) is 3. The van der Waals surface area contributed by atoms with Crippen molar-refractivity contribution in [3.63, 3.8) is 0 Å². The number of carbonyl (C=O) groups is 1. The summed E-state index contributed by atoms with van der Waals surface area (Å²) in [5.74, 6) is 0.466. The van der Waals surface area contributed by atoms with Crippen molar-refractivity contribution in [2.24, 2.45) is 5.92 Å². The third kappa shape index (κ3) is 6.13. The van der Waals surface area contributed by atoms with Crippen LogP contribution in [0, 0.1) is 12.8 Å². The lowest BCUT2D eigenvalue weighted by molar-refractivity contribution is 0.249. The molecular formula is C17H29N3O3S. The first kappa shape index (κ1) is 20.4. The van der Waals surface area contributed by atoms with E-state index >= 15 is 0 Å². The predicted molar refractivity (Wildman–Crippen MR) is 97.8 cm³/mol. The highest BCUT2D eigenvalue weighted by Crippen LogP contribution is 2.20. The van der Waals surface area contributed by atoms with Gasteiger partial charge in [-0.25, -0.2) is 17.9 Å². The van der Waals surface area contributed by atoms with Crippen molar-refractivity contribution in [3.05, 3.63) is 23.8 Å². The topological polar surface area (TPSA) is 87.3 Å². The highest BCUT2D eigenvalue weighted by atomic mass is 32.2. The normalized spacial score (nSPS) is 12.7. The van der Waals surface area contributed by atoms with Gasteiger partial charge in [0.15, 0.2) is 0 Å². The van der Waals surface area contributed by atoms with Crippen LogP contribution in [0.3, 0.4) is 0 Å². The maximum absolute atomic E-state index is 12.1. The molecule has 0 aromatic heterocycles. The van der Waals surface area contributed by atoms with Gasteiger partial charge >= 0.3 is 6.03 Å². The SMILES string of the molecule is CCCCC(CC)CNC(=O)Nc1cc(S(=O)(=O)NC)ccc1C. The Morgan fingerprint density at radius 1 is 1.25 bits per heavy atom. The molecule has 1 unspecified atom stereocenters. The number of hydrogen-bond acceptors (Lipinski definition) is 3. The molecule has 0 saturated carbocycles. The Bertz CT molecular complexity index is 644. The van der Waals surface area contributed by atoms with E-state index < -0.39 is 10.0 Å². The first-order valence-corrected chi connectivity index (χ1v) is 9.91. The summed E-state index contributed by atoms with van der Waals surface area (Å²) in [6.45, 7) is 6.72. The van der Waals surface area contributed by atoms with Crippen LogP contribution in [0.5, 0.6) is 0 Å². The van der Waals surface area contributed by atoms with E-state index in [1.54, 1.807) is 6.07 Å². The van der Waals surface area contributed by atoms with Gasteiger partial charge in [-0.2, -0.15) is 0 Å². The average Bonchev–Trinajstić information content (AvgIpc) is 2.56. The quantitative estimate of drug-likeness (QED) is 0.635. The molecule has 0 spiro atoms. The molecule has 0 aliphatic heterocycles. The summed E-state index contributed by atoms with van der Waals surface area (Å²) in [6.07, 6.45) is 4.43. The highest BCUT2D eigenvalue weighted by molar-refractivity contribution is 7.89. The zero-order valence-electron chi connectivity index (χ0n) is 15.0. The third-order valence-corrected chi connectivity index (χ3v) is 5.54. The van der Waals surface area contributed by atoms with Crippen molar-refractivity contribution < 1.29 is 13.2 Å². The van der Waals surface area contributed by atoms with Crippen LogP contribution in [0.2, 0.25) is 0 Å². The van der Waals surface area contributed by atoms with Crippen LogP contribution >= 0.6 is 0 Å². The number of rotatable bonds is 9. The van der Waals surface area contributed by atoms with E-state index in [4.69, 9.17) is 0 Å². The minimum absolute atomic E-state index is 0.125. The molecule has 0 aliphatic rings. The summed E-state index contributed by atoms with van der Waals surface area (Å²) in [5, 5.41) is 5.62. The van der Waals surface area contributed by atoms with Gasteiger partial charge in [0, 0.05) is 12.2 Å². The minimum atomic E-state index is -3.53. The van der Waals surface area contributed by atoms with Crippen LogP contribution in [0.1, 0.15) is 45.1 Å². The molecule has 6 nitrogen and oxygen atoms in total. The maximum Gasteiger partial charge on any atom is 0.319 e. The predicted octanol–water partition coefficient (Wildman–Crippen LogP) is 3.24. The molecule has 0 heterocycles. The molecule has 3 N–H and O–H groups in total. The standard InChI is InChI=1S/C17H29N3O3S/c1-5-7-8-14(6-2)12-19-17(21)20-16-11-15(10-9-13(16)3)24(22,23)18-4/h9-11,14,18H,5-8,12H2,1-4H3,(H2,19,20,21). The molecule has 24 heavy (non-hydrogen) atoms. The van der Waals surface area contributed by atoms with Crippen LogP contribution in [0.15, 0.2) is 23.1 Å². The Labute approximate surface area is 145 Å². The van der Waals surface area contributed by atoms with E-state index in [1.807, 2.05) is 6.92 Å². The minimum Gasteiger partial charge on any atom is -0.338 e. The largest absolute Gasteiger partial charge is 0.338 e. The van der Waals surface area contributed by atoms with E-state index in [9.17, 15) is 13.2 Å². The van der Waals surface area contributed by atoms with Gasteiger partial charge in [0.25, 0.3) is 0 Å². The average molecular weight is 356 g/mol. The molecule has 0 bridgehead atoms. The molecule has 1 aromatic carbocycles. The number of anilines is 1. The number of amides is 2.